The van der Waals surface area contributed by atoms with Crippen LogP contribution in [0.3, 0.4) is 0 Å². The summed E-state index contributed by atoms with van der Waals surface area (Å²) in [6.45, 7) is -0.806. The number of hydrogen-bond donors (Lipinski definition) is 5. The van der Waals surface area contributed by atoms with Gasteiger partial charge in [-0.2, -0.15) is 9.37 Å². The van der Waals surface area contributed by atoms with E-state index in [1.807, 2.05) is 0 Å². The third-order valence-corrected chi connectivity index (χ3v) is 7.37. The molecule has 3 aromatic heterocycles. The first-order valence-corrected chi connectivity index (χ1v) is 12.9. The molecule has 7 atom stereocenters. The lowest BCUT2D eigenvalue weighted by molar-refractivity contribution is -0.0493. The number of nitrogens with zero attached hydrogens (tertiary/aromatic N) is 4. The van der Waals surface area contributed by atoms with E-state index in [4.69, 9.17) is 36.5 Å². The van der Waals surface area contributed by atoms with Gasteiger partial charge in [-0.25, -0.2) is 9.78 Å². The minimum absolute atomic E-state index is 0.0846. The lowest BCUT2D eigenvalue weighted by Crippen LogP contribution is -2.34. The van der Waals surface area contributed by atoms with E-state index < -0.39 is 68.8 Å². The van der Waals surface area contributed by atoms with Gasteiger partial charge in [-0.1, -0.05) is 12.2 Å². The van der Waals surface area contributed by atoms with Crippen LogP contribution in [0.15, 0.2) is 22.1 Å². The largest absolute Gasteiger partial charge is 0.394 e. The molecule has 2 aliphatic heterocycles. The van der Waals surface area contributed by atoms with Crippen molar-refractivity contribution in [3.8, 4) is 0 Å². The van der Waals surface area contributed by atoms with Gasteiger partial charge in [0.1, 0.15) is 34.8 Å². The maximum Gasteiger partial charge on any atom is 0.330 e. The third kappa shape index (κ3) is 5.21. The fraction of sp³-hybridized carbons (Fsp3) is 0.526. The number of halogens is 1. The van der Waals surface area contributed by atoms with Crippen LogP contribution in [0.5, 0.6) is 0 Å². The number of imidazole rings is 1. The molecule has 3 unspecified atom stereocenters. The van der Waals surface area contributed by atoms with Gasteiger partial charge in [0.2, 0.25) is 11.8 Å². The van der Waals surface area contributed by atoms with Crippen LogP contribution in [0.1, 0.15) is 25.3 Å². The van der Waals surface area contributed by atoms with Crippen LogP contribution in [-0.4, -0.2) is 76.9 Å². The lowest BCUT2D eigenvalue weighted by Gasteiger charge is -2.18. The van der Waals surface area contributed by atoms with E-state index >= 15 is 0 Å². The molecular formula is C19H23FN7O9PS. The zero-order chi connectivity index (χ0) is 27.1. The Bertz CT molecular complexity index is 1540. The number of aliphatic hydroxyl groups excluding tert-OH is 2. The molecule has 19 heteroatoms. The topological polar surface area (TPSA) is 222 Å². The van der Waals surface area contributed by atoms with Crippen LogP contribution in [0.25, 0.3) is 11.2 Å². The minimum Gasteiger partial charge on any atom is -0.394 e. The van der Waals surface area contributed by atoms with Gasteiger partial charge in [0.15, 0.2) is 5.65 Å². The summed E-state index contributed by atoms with van der Waals surface area (Å²) in [5, 5.41) is 20.0. The number of rotatable bonds is 8. The number of anilines is 1. The highest BCUT2D eigenvalue weighted by molar-refractivity contribution is 7.71. The second kappa shape index (κ2) is 10.7. The Morgan fingerprint density at radius 2 is 1.97 bits per heavy atom. The molecule has 2 saturated heterocycles. The van der Waals surface area contributed by atoms with Gasteiger partial charge >= 0.3 is 13.9 Å². The number of aromatic amines is 2. The number of nitrogen functional groups attached to an aromatic ring is 1. The van der Waals surface area contributed by atoms with Gasteiger partial charge in [-0.15, -0.1) is 0 Å². The molecule has 0 aromatic carbocycles. The first-order valence-electron chi connectivity index (χ1n) is 11.3. The number of aliphatic hydroxyl groups is 2. The van der Waals surface area contributed by atoms with Crippen LogP contribution < -0.4 is 17.0 Å². The van der Waals surface area contributed by atoms with E-state index in [-0.39, 0.29) is 25.4 Å². The number of nitrogens with two attached hydrogens (primary N) is 1. The SMILES string of the molecule is Nc1nc2c(ncn2[C@H]2CC(O[PH](=O)OC[C@H]3O[C@@H](n4cc(F)c(=O)[nH]c4=O)CC3O)[C@@H](CO)O2)c(=S)[nH]1. The zero-order valence-corrected chi connectivity index (χ0v) is 21.2. The number of aromatic nitrogens is 6. The van der Waals surface area contributed by atoms with Gasteiger partial charge in [-0.05, 0) is 0 Å². The van der Waals surface area contributed by atoms with Crippen LogP contribution in [0.4, 0.5) is 10.3 Å². The Labute approximate surface area is 217 Å². The monoisotopic (exact) mass is 575 g/mol. The number of hydrogen-bond acceptors (Lipinski definition) is 13. The number of H-pyrrole nitrogens is 2. The fourth-order valence-corrected chi connectivity index (χ4v) is 5.44. The van der Waals surface area contributed by atoms with Crippen molar-refractivity contribution >= 4 is 37.6 Å². The summed E-state index contributed by atoms with van der Waals surface area (Å²) in [5.74, 6) is -1.11. The summed E-state index contributed by atoms with van der Waals surface area (Å²) in [4.78, 5) is 36.1. The van der Waals surface area contributed by atoms with Crippen molar-refractivity contribution in [3.63, 3.8) is 0 Å². The van der Waals surface area contributed by atoms with Crippen molar-refractivity contribution in [2.75, 3.05) is 18.9 Å². The van der Waals surface area contributed by atoms with E-state index in [2.05, 4.69) is 15.0 Å². The molecule has 0 bridgehead atoms. The highest BCUT2D eigenvalue weighted by Gasteiger charge is 2.40. The normalized spacial score (nSPS) is 28.3. The summed E-state index contributed by atoms with van der Waals surface area (Å²) in [6.07, 6.45) is -3.39. The standard InChI is InChI=1S/C19H23FN7O9PS/c20-7-3-26(19(31)24-16(7)30)12-1-8(29)11(35-12)5-33-37(32)36-9-2-13(34-10(9)4-28)27-6-22-14-15(27)23-18(21)25-17(14)38/h3,6,8-13,28-29,37H,1-2,4-5H2,(H,24,30,31)(H3,21,23,25,38)/t8?,9?,10-,11-,12-,13-/m1/s1. The Kier molecular flexibility index (Phi) is 7.56. The molecule has 5 rings (SSSR count). The summed E-state index contributed by atoms with van der Waals surface area (Å²) in [6, 6.07) is 0. The van der Waals surface area contributed by atoms with Crippen molar-refractivity contribution in [1.29, 1.82) is 0 Å². The number of ether oxygens (including phenoxy) is 2. The highest BCUT2D eigenvalue weighted by atomic mass is 32.1. The molecule has 0 saturated carbocycles. The predicted octanol–water partition coefficient (Wildman–Crippen LogP) is -0.520. The number of fused-ring (bicyclic) bond motifs is 1. The fourth-order valence-electron chi connectivity index (χ4n) is 4.33. The molecule has 0 radical (unpaired) electrons. The molecule has 3 aromatic rings. The van der Waals surface area contributed by atoms with Gasteiger partial charge in [0.25, 0.3) is 5.56 Å². The summed E-state index contributed by atoms with van der Waals surface area (Å²) >= 11 is 5.20. The van der Waals surface area contributed by atoms with Crippen molar-refractivity contribution in [2.45, 2.75) is 49.7 Å². The summed E-state index contributed by atoms with van der Waals surface area (Å²) in [7, 11) is -3.16. The average molecular weight is 575 g/mol. The summed E-state index contributed by atoms with van der Waals surface area (Å²) < 4.78 is 51.0. The van der Waals surface area contributed by atoms with Crippen molar-refractivity contribution in [3.05, 3.63) is 43.8 Å². The van der Waals surface area contributed by atoms with Crippen molar-refractivity contribution in [1.82, 2.24) is 29.1 Å². The van der Waals surface area contributed by atoms with Crippen LogP contribution in [0.2, 0.25) is 0 Å². The average Bonchev–Trinajstić information content (AvgIpc) is 3.56. The molecule has 5 heterocycles. The Morgan fingerprint density at radius 1 is 1.24 bits per heavy atom. The third-order valence-electron chi connectivity index (χ3n) is 6.17. The Balaban J connectivity index is 1.20. The summed E-state index contributed by atoms with van der Waals surface area (Å²) in [5.41, 5.74) is 4.42. The predicted molar refractivity (Wildman–Crippen MR) is 128 cm³/mol. The smallest absolute Gasteiger partial charge is 0.330 e. The van der Waals surface area contributed by atoms with Crippen LogP contribution in [-0.2, 0) is 23.1 Å². The van der Waals surface area contributed by atoms with E-state index in [0.717, 1.165) is 4.57 Å². The van der Waals surface area contributed by atoms with Gasteiger partial charge < -0.3 is 39.5 Å². The molecule has 0 aliphatic carbocycles. The molecule has 2 fully saturated rings. The lowest BCUT2D eigenvalue weighted by atomic mass is 10.2. The molecule has 6 N–H and O–H groups in total. The van der Waals surface area contributed by atoms with Crippen molar-refractivity contribution in [2.24, 2.45) is 0 Å². The molecule has 0 spiro atoms. The maximum absolute atomic E-state index is 13.6. The first kappa shape index (κ1) is 26.8. The Morgan fingerprint density at radius 3 is 2.74 bits per heavy atom. The van der Waals surface area contributed by atoms with E-state index in [9.17, 15) is 28.8 Å². The molecular weight excluding hydrogens is 552 g/mol. The molecule has 2 aliphatic rings. The molecule has 0 amide bonds. The van der Waals surface area contributed by atoms with E-state index in [1.165, 1.54) is 6.33 Å². The quantitative estimate of drug-likeness (QED) is 0.169. The maximum atomic E-state index is 13.6. The number of nitrogens with one attached hydrogen (secondary N) is 2. The van der Waals surface area contributed by atoms with E-state index in [0.29, 0.717) is 22.0 Å². The second-order valence-electron chi connectivity index (χ2n) is 8.62. The second-order valence-corrected chi connectivity index (χ2v) is 10.0. The van der Waals surface area contributed by atoms with Gasteiger partial charge in [-0.3, -0.25) is 23.5 Å². The van der Waals surface area contributed by atoms with Crippen molar-refractivity contribution < 1.29 is 37.7 Å². The highest BCUT2D eigenvalue weighted by Crippen LogP contribution is 2.39. The molecule has 16 nitrogen and oxygen atoms in total. The minimum atomic E-state index is -3.16. The zero-order valence-electron chi connectivity index (χ0n) is 19.4. The molecule has 38 heavy (non-hydrogen) atoms. The molecule has 206 valence electrons. The van der Waals surface area contributed by atoms with Crippen LogP contribution in [0, 0.1) is 10.5 Å². The first-order chi connectivity index (χ1) is 18.1. The van der Waals surface area contributed by atoms with Crippen LogP contribution >= 0.6 is 20.5 Å². The Hall–Kier alpha value is -2.83. The van der Waals surface area contributed by atoms with E-state index in [1.54, 1.807) is 9.55 Å². The van der Waals surface area contributed by atoms with Gasteiger partial charge in [0.05, 0.1) is 37.9 Å². The van der Waals surface area contributed by atoms with Gasteiger partial charge in [0, 0.05) is 12.8 Å².